The van der Waals surface area contributed by atoms with Crippen molar-refractivity contribution in [3.8, 4) is 0 Å². The van der Waals surface area contributed by atoms with Gasteiger partial charge in [-0.15, -0.1) is 11.3 Å². The molecule has 1 unspecified atom stereocenters. The second-order valence-electron chi connectivity index (χ2n) is 6.83. The number of rotatable bonds is 4. The maximum atomic E-state index is 4.44. The molecule has 0 radical (unpaired) electrons. The molecule has 2 aliphatic rings. The SMILES string of the molecule is CC(C)C1CNC2(CCCC2)CN1CCc1nccs1. The van der Waals surface area contributed by atoms with Crippen LogP contribution in [0.25, 0.3) is 0 Å². The second-order valence-corrected chi connectivity index (χ2v) is 7.81. The molecule has 3 nitrogen and oxygen atoms in total. The zero-order valence-electron chi connectivity index (χ0n) is 12.8. The molecule has 0 bridgehead atoms. The van der Waals surface area contributed by atoms with Crippen LogP contribution in [-0.2, 0) is 6.42 Å². The summed E-state index contributed by atoms with van der Waals surface area (Å²) in [5, 5.41) is 7.27. The van der Waals surface area contributed by atoms with Gasteiger partial charge < -0.3 is 5.32 Å². The van der Waals surface area contributed by atoms with E-state index in [1.807, 2.05) is 6.20 Å². The zero-order valence-corrected chi connectivity index (χ0v) is 13.6. The van der Waals surface area contributed by atoms with Crippen molar-refractivity contribution in [2.24, 2.45) is 5.92 Å². The van der Waals surface area contributed by atoms with E-state index in [0.29, 0.717) is 11.6 Å². The first kappa shape index (κ1) is 14.5. The summed E-state index contributed by atoms with van der Waals surface area (Å²) in [5.74, 6) is 0.720. The highest BCUT2D eigenvalue weighted by Crippen LogP contribution is 2.34. The molecule has 0 aromatic carbocycles. The minimum Gasteiger partial charge on any atom is -0.308 e. The summed E-state index contributed by atoms with van der Waals surface area (Å²) in [6, 6.07) is 0.682. The molecule has 1 N–H and O–H groups in total. The van der Waals surface area contributed by atoms with E-state index < -0.39 is 0 Å². The van der Waals surface area contributed by atoms with Crippen LogP contribution in [0.1, 0.15) is 44.5 Å². The number of hydrogen-bond donors (Lipinski definition) is 1. The van der Waals surface area contributed by atoms with Crippen molar-refractivity contribution in [1.29, 1.82) is 0 Å². The van der Waals surface area contributed by atoms with Gasteiger partial charge >= 0.3 is 0 Å². The Morgan fingerprint density at radius 1 is 1.45 bits per heavy atom. The molecular weight excluding hydrogens is 266 g/mol. The maximum absolute atomic E-state index is 4.44. The predicted molar refractivity (Wildman–Crippen MR) is 85.2 cm³/mol. The van der Waals surface area contributed by atoms with Gasteiger partial charge in [0.2, 0.25) is 0 Å². The monoisotopic (exact) mass is 293 g/mol. The van der Waals surface area contributed by atoms with Gasteiger partial charge in [0.15, 0.2) is 0 Å². The summed E-state index contributed by atoms with van der Waals surface area (Å²) in [7, 11) is 0. The van der Waals surface area contributed by atoms with Crippen LogP contribution < -0.4 is 5.32 Å². The quantitative estimate of drug-likeness (QED) is 0.925. The van der Waals surface area contributed by atoms with Gasteiger partial charge in [-0.3, -0.25) is 4.90 Å². The van der Waals surface area contributed by atoms with Gasteiger partial charge in [-0.2, -0.15) is 0 Å². The first-order valence-electron chi connectivity index (χ1n) is 8.06. The molecule has 2 fully saturated rings. The fourth-order valence-electron chi connectivity index (χ4n) is 3.92. The molecule has 1 aromatic rings. The molecule has 1 aliphatic heterocycles. The Kier molecular flexibility index (Phi) is 4.43. The lowest BCUT2D eigenvalue weighted by Gasteiger charge is -2.48. The van der Waals surface area contributed by atoms with Crippen molar-refractivity contribution in [1.82, 2.24) is 15.2 Å². The molecule has 2 heterocycles. The molecular formula is C16H27N3S. The van der Waals surface area contributed by atoms with Gasteiger partial charge in [-0.25, -0.2) is 4.98 Å². The van der Waals surface area contributed by atoms with E-state index in [2.05, 4.69) is 34.4 Å². The molecule has 1 aromatic heterocycles. The summed E-state index contributed by atoms with van der Waals surface area (Å²) >= 11 is 1.79. The number of aromatic nitrogens is 1. The summed E-state index contributed by atoms with van der Waals surface area (Å²) < 4.78 is 0. The van der Waals surface area contributed by atoms with Crippen LogP contribution >= 0.6 is 11.3 Å². The second kappa shape index (κ2) is 6.12. The van der Waals surface area contributed by atoms with Crippen molar-refractivity contribution in [3.63, 3.8) is 0 Å². The smallest absolute Gasteiger partial charge is 0.0937 e. The van der Waals surface area contributed by atoms with Gasteiger partial charge in [-0.1, -0.05) is 26.7 Å². The standard InChI is InChI=1S/C16H27N3S/c1-13(2)14-11-18-16(6-3-4-7-16)12-19(14)9-5-15-17-8-10-20-15/h8,10,13-14,18H,3-7,9,11-12H2,1-2H3. The number of hydrogen-bond acceptors (Lipinski definition) is 4. The minimum absolute atomic E-state index is 0.425. The molecule has 1 saturated carbocycles. The van der Waals surface area contributed by atoms with Crippen LogP contribution in [-0.4, -0.2) is 41.1 Å². The largest absolute Gasteiger partial charge is 0.308 e. The molecule has 3 rings (SSSR count). The van der Waals surface area contributed by atoms with Crippen molar-refractivity contribution in [2.75, 3.05) is 19.6 Å². The fourth-order valence-corrected chi connectivity index (χ4v) is 4.53. The maximum Gasteiger partial charge on any atom is 0.0937 e. The van der Waals surface area contributed by atoms with Crippen molar-refractivity contribution >= 4 is 11.3 Å². The Morgan fingerprint density at radius 3 is 2.90 bits per heavy atom. The highest BCUT2D eigenvalue weighted by Gasteiger charge is 2.41. The molecule has 112 valence electrons. The summed E-state index contributed by atoms with van der Waals surface area (Å²) in [5.41, 5.74) is 0.425. The lowest BCUT2D eigenvalue weighted by molar-refractivity contribution is 0.0580. The van der Waals surface area contributed by atoms with Gasteiger partial charge in [0.05, 0.1) is 5.01 Å². The Morgan fingerprint density at radius 2 is 2.25 bits per heavy atom. The van der Waals surface area contributed by atoms with E-state index >= 15 is 0 Å². The zero-order chi connectivity index (χ0) is 14.0. The van der Waals surface area contributed by atoms with E-state index in [1.165, 1.54) is 43.8 Å². The van der Waals surface area contributed by atoms with Crippen molar-refractivity contribution in [3.05, 3.63) is 16.6 Å². The Balaban J connectivity index is 1.65. The molecule has 20 heavy (non-hydrogen) atoms. The number of piperazine rings is 1. The van der Waals surface area contributed by atoms with E-state index in [9.17, 15) is 0 Å². The van der Waals surface area contributed by atoms with Crippen LogP contribution in [0, 0.1) is 5.92 Å². The first-order chi connectivity index (χ1) is 9.69. The van der Waals surface area contributed by atoms with Gasteiger partial charge in [0.25, 0.3) is 0 Å². The highest BCUT2D eigenvalue weighted by molar-refractivity contribution is 7.09. The van der Waals surface area contributed by atoms with Crippen LogP contribution in [0.4, 0.5) is 0 Å². The summed E-state index contributed by atoms with van der Waals surface area (Å²) in [4.78, 5) is 7.18. The van der Waals surface area contributed by atoms with E-state index in [1.54, 1.807) is 11.3 Å². The number of nitrogens with zero attached hydrogens (tertiary/aromatic N) is 2. The predicted octanol–water partition coefficient (Wildman–Crippen LogP) is 2.93. The average molecular weight is 293 g/mol. The summed E-state index contributed by atoms with van der Waals surface area (Å²) in [6.45, 7) is 8.28. The molecule has 1 aliphatic carbocycles. The molecule has 0 amide bonds. The Bertz CT molecular complexity index is 409. The minimum atomic E-state index is 0.425. The normalized spacial score (nSPS) is 26.6. The fraction of sp³-hybridized carbons (Fsp3) is 0.812. The number of nitrogens with one attached hydrogen (secondary N) is 1. The first-order valence-corrected chi connectivity index (χ1v) is 8.94. The topological polar surface area (TPSA) is 28.2 Å². The third-order valence-electron chi connectivity index (χ3n) is 5.09. The highest BCUT2D eigenvalue weighted by atomic mass is 32.1. The van der Waals surface area contributed by atoms with E-state index in [-0.39, 0.29) is 0 Å². The lowest BCUT2D eigenvalue weighted by Crippen LogP contribution is -2.64. The van der Waals surface area contributed by atoms with E-state index in [0.717, 1.165) is 18.9 Å². The third-order valence-corrected chi connectivity index (χ3v) is 5.93. The molecule has 4 heteroatoms. The third kappa shape index (κ3) is 3.07. The van der Waals surface area contributed by atoms with Gasteiger partial charge in [-0.05, 0) is 18.8 Å². The van der Waals surface area contributed by atoms with Gasteiger partial charge in [0, 0.05) is 49.2 Å². The van der Waals surface area contributed by atoms with Crippen molar-refractivity contribution < 1.29 is 0 Å². The lowest BCUT2D eigenvalue weighted by atomic mass is 9.89. The van der Waals surface area contributed by atoms with Crippen LogP contribution in [0.2, 0.25) is 0 Å². The molecule has 1 spiro atoms. The molecule has 1 saturated heterocycles. The Hall–Kier alpha value is -0.450. The molecule has 1 atom stereocenters. The Labute approximate surface area is 126 Å². The average Bonchev–Trinajstić information content (AvgIpc) is 3.08. The van der Waals surface area contributed by atoms with Crippen LogP contribution in [0.3, 0.4) is 0 Å². The van der Waals surface area contributed by atoms with Crippen molar-refractivity contribution in [2.45, 2.75) is 57.5 Å². The van der Waals surface area contributed by atoms with Gasteiger partial charge in [0.1, 0.15) is 0 Å². The van der Waals surface area contributed by atoms with E-state index in [4.69, 9.17) is 0 Å². The van der Waals surface area contributed by atoms with Crippen LogP contribution in [0.5, 0.6) is 0 Å². The number of thiazole rings is 1. The van der Waals surface area contributed by atoms with Crippen LogP contribution in [0.15, 0.2) is 11.6 Å². The summed E-state index contributed by atoms with van der Waals surface area (Å²) in [6.07, 6.45) is 8.57.